The molecule has 1 atom stereocenters. The van der Waals surface area contributed by atoms with Crippen LogP contribution in [0.5, 0.6) is 0 Å². The number of benzene rings is 1. The van der Waals surface area contributed by atoms with Gasteiger partial charge in [-0.1, -0.05) is 37.3 Å². The zero-order valence-electron chi connectivity index (χ0n) is 10.6. The molecule has 1 N–H and O–H groups in total. The van der Waals surface area contributed by atoms with Gasteiger partial charge >= 0.3 is 0 Å². The summed E-state index contributed by atoms with van der Waals surface area (Å²) in [4.78, 5) is 11.7. The highest BCUT2D eigenvalue weighted by Crippen LogP contribution is 2.04. The van der Waals surface area contributed by atoms with Gasteiger partial charge in [0, 0.05) is 18.2 Å². The fourth-order valence-corrected chi connectivity index (χ4v) is 2.39. The third-order valence-corrected chi connectivity index (χ3v) is 3.45. The Hall–Kier alpha value is -0.960. The van der Waals surface area contributed by atoms with Crippen molar-refractivity contribution in [1.82, 2.24) is 5.32 Å². The predicted octanol–water partition coefficient (Wildman–Crippen LogP) is 2.88. The monoisotopic (exact) mass is 251 g/mol. The molecule has 0 heterocycles. The molecule has 1 aromatic rings. The molecule has 17 heavy (non-hydrogen) atoms. The topological polar surface area (TPSA) is 29.1 Å². The molecule has 3 heteroatoms. The van der Waals surface area contributed by atoms with Crippen molar-refractivity contribution in [2.45, 2.75) is 32.2 Å². The molecule has 0 saturated heterocycles. The molecule has 1 aromatic carbocycles. The van der Waals surface area contributed by atoms with Crippen molar-refractivity contribution < 1.29 is 4.79 Å². The molecule has 2 nitrogen and oxygen atoms in total. The van der Waals surface area contributed by atoms with Crippen molar-refractivity contribution in [2.24, 2.45) is 0 Å². The number of nitrogens with one attached hydrogen (secondary N) is 1. The summed E-state index contributed by atoms with van der Waals surface area (Å²) in [5.74, 6) is 1.16. The van der Waals surface area contributed by atoms with Gasteiger partial charge in [0.15, 0.2) is 0 Å². The van der Waals surface area contributed by atoms with Crippen LogP contribution in [0, 0.1) is 0 Å². The van der Waals surface area contributed by atoms with Crippen molar-refractivity contribution in [3.63, 3.8) is 0 Å². The minimum absolute atomic E-state index is 0.162. The molecule has 0 aliphatic carbocycles. The molecule has 0 bridgehead atoms. The lowest BCUT2D eigenvalue weighted by molar-refractivity contribution is -0.121. The number of thioether (sulfide) groups is 1. The fourth-order valence-electron chi connectivity index (χ4n) is 1.67. The van der Waals surface area contributed by atoms with E-state index < -0.39 is 0 Å². The highest BCUT2D eigenvalue weighted by atomic mass is 32.2. The molecule has 0 saturated carbocycles. The van der Waals surface area contributed by atoms with E-state index in [-0.39, 0.29) is 5.91 Å². The summed E-state index contributed by atoms with van der Waals surface area (Å²) < 4.78 is 0. The molecule has 1 rings (SSSR count). The van der Waals surface area contributed by atoms with Crippen LogP contribution in [-0.2, 0) is 11.2 Å². The van der Waals surface area contributed by atoms with E-state index in [1.807, 2.05) is 18.2 Å². The first-order valence-corrected chi connectivity index (χ1v) is 7.47. The minimum atomic E-state index is 0.162. The van der Waals surface area contributed by atoms with Crippen LogP contribution in [-0.4, -0.2) is 24.0 Å². The van der Waals surface area contributed by atoms with Crippen LogP contribution in [0.2, 0.25) is 0 Å². The SMILES string of the molecule is CC[C@@H](CSC)NC(=O)CCc1ccccc1. The lowest BCUT2D eigenvalue weighted by Crippen LogP contribution is -2.36. The summed E-state index contributed by atoms with van der Waals surface area (Å²) in [6, 6.07) is 10.5. The summed E-state index contributed by atoms with van der Waals surface area (Å²) in [5.41, 5.74) is 1.22. The third kappa shape index (κ3) is 5.78. The summed E-state index contributed by atoms with van der Waals surface area (Å²) in [5, 5.41) is 3.08. The van der Waals surface area contributed by atoms with Crippen LogP contribution in [0.1, 0.15) is 25.3 Å². The van der Waals surface area contributed by atoms with Crippen molar-refractivity contribution in [3.05, 3.63) is 35.9 Å². The maximum Gasteiger partial charge on any atom is 0.220 e. The largest absolute Gasteiger partial charge is 0.353 e. The van der Waals surface area contributed by atoms with Crippen molar-refractivity contribution in [2.75, 3.05) is 12.0 Å². The summed E-state index contributed by atoms with van der Waals surface area (Å²) in [6.45, 7) is 2.11. The normalized spacial score (nSPS) is 12.1. The second-order valence-corrected chi connectivity index (χ2v) is 5.02. The Balaban J connectivity index is 2.30. The lowest BCUT2D eigenvalue weighted by atomic mass is 10.1. The number of aryl methyl sites for hydroxylation is 1. The van der Waals surface area contributed by atoms with E-state index >= 15 is 0 Å². The van der Waals surface area contributed by atoms with Crippen LogP contribution in [0.4, 0.5) is 0 Å². The first-order valence-electron chi connectivity index (χ1n) is 6.08. The average molecular weight is 251 g/mol. The molecular weight excluding hydrogens is 230 g/mol. The third-order valence-electron chi connectivity index (χ3n) is 2.71. The van der Waals surface area contributed by atoms with Crippen LogP contribution >= 0.6 is 11.8 Å². The van der Waals surface area contributed by atoms with Gasteiger partial charge in [-0.15, -0.1) is 0 Å². The molecule has 0 aliphatic rings. The lowest BCUT2D eigenvalue weighted by Gasteiger charge is -2.15. The quantitative estimate of drug-likeness (QED) is 0.807. The summed E-state index contributed by atoms with van der Waals surface area (Å²) in [6.07, 6.45) is 4.47. The van der Waals surface area contributed by atoms with Gasteiger partial charge in [0.1, 0.15) is 0 Å². The van der Waals surface area contributed by atoms with E-state index in [0.29, 0.717) is 12.5 Å². The number of carbonyl (C=O) groups excluding carboxylic acids is 1. The zero-order valence-corrected chi connectivity index (χ0v) is 11.4. The van der Waals surface area contributed by atoms with Crippen molar-refractivity contribution >= 4 is 17.7 Å². The molecule has 0 fully saturated rings. The molecule has 0 aromatic heterocycles. The van der Waals surface area contributed by atoms with Gasteiger partial charge in [0.25, 0.3) is 0 Å². The Morgan fingerprint density at radius 3 is 2.65 bits per heavy atom. The minimum Gasteiger partial charge on any atom is -0.353 e. The van der Waals surface area contributed by atoms with E-state index in [1.54, 1.807) is 11.8 Å². The highest BCUT2D eigenvalue weighted by molar-refractivity contribution is 7.98. The molecule has 0 aliphatic heterocycles. The van der Waals surface area contributed by atoms with Gasteiger partial charge in [0.05, 0.1) is 0 Å². The highest BCUT2D eigenvalue weighted by Gasteiger charge is 2.09. The molecular formula is C14H21NOS. The van der Waals surface area contributed by atoms with E-state index in [4.69, 9.17) is 0 Å². The van der Waals surface area contributed by atoms with Gasteiger partial charge in [-0.25, -0.2) is 0 Å². The average Bonchev–Trinajstić information content (AvgIpc) is 2.37. The summed E-state index contributed by atoms with van der Waals surface area (Å²) in [7, 11) is 0. The Kier molecular flexibility index (Phi) is 6.78. The van der Waals surface area contributed by atoms with Gasteiger partial charge in [-0.2, -0.15) is 11.8 Å². The number of carbonyl (C=O) groups is 1. The molecule has 0 spiro atoms. The number of rotatable bonds is 7. The van der Waals surface area contributed by atoms with Crippen LogP contribution in [0.15, 0.2) is 30.3 Å². The molecule has 1 amide bonds. The molecule has 94 valence electrons. The Labute approximate surface area is 108 Å². The van der Waals surface area contributed by atoms with E-state index in [2.05, 4.69) is 30.6 Å². The maximum absolute atomic E-state index is 11.7. The second-order valence-electron chi connectivity index (χ2n) is 4.11. The van der Waals surface area contributed by atoms with Crippen LogP contribution < -0.4 is 5.32 Å². The van der Waals surface area contributed by atoms with Crippen molar-refractivity contribution in [1.29, 1.82) is 0 Å². The maximum atomic E-state index is 11.7. The Morgan fingerprint density at radius 2 is 2.06 bits per heavy atom. The van der Waals surface area contributed by atoms with Crippen LogP contribution in [0.25, 0.3) is 0 Å². The number of hydrogen-bond acceptors (Lipinski definition) is 2. The van der Waals surface area contributed by atoms with E-state index in [9.17, 15) is 4.79 Å². The first-order chi connectivity index (χ1) is 8.26. The fraction of sp³-hybridized carbons (Fsp3) is 0.500. The van der Waals surface area contributed by atoms with E-state index in [1.165, 1.54) is 5.56 Å². The molecule has 0 unspecified atom stereocenters. The van der Waals surface area contributed by atoms with Crippen LogP contribution in [0.3, 0.4) is 0 Å². The van der Waals surface area contributed by atoms with Gasteiger partial charge in [0.2, 0.25) is 5.91 Å². The van der Waals surface area contributed by atoms with Gasteiger partial charge in [-0.3, -0.25) is 4.79 Å². The van der Waals surface area contributed by atoms with Crippen molar-refractivity contribution in [3.8, 4) is 0 Å². The summed E-state index contributed by atoms with van der Waals surface area (Å²) >= 11 is 1.78. The number of hydrogen-bond donors (Lipinski definition) is 1. The van der Waals surface area contributed by atoms with E-state index in [0.717, 1.165) is 18.6 Å². The second kappa shape index (κ2) is 8.18. The first kappa shape index (κ1) is 14.1. The number of amides is 1. The van der Waals surface area contributed by atoms with Gasteiger partial charge in [-0.05, 0) is 24.7 Å². The standard InChI is InChI=1S/C14H21NOS/c1-3-13(11-17-2)15-14(16)10-9-12-7-5-4-6-8-12/h4-8,13H,3,9-11H2,1-2H3,(H,15,16)/t13-/m0/s1. The zero-order chi connectivity index (χ0) is 12.5. The smallest absolute Gasteiger partial charge is 0.220 e. The van der Waals surface area contributed by atoms with Gasteiger partial charge < -0.3 is 5.32 Å². The predicted molar refractivity (Wildman–Crippen MR) is 75.4 cm³/mol. The Bertz CT molecular complexity index is 326. The molecule has 0 radical (unpaired) electrons. The Morgan fingerprint density at radius 1 is 1.35 bits per heavy atom.